The van der Waals surface area contributed by atoms with Gasteiger partial charge in [0.1, 0.15) is 0 Å². The van der Waals surface area contributed by atoms with Gasteiger partial charge in [-0.05, 0) is 17.7 Å². The second-order valence-corrected chi connectivity index (χ2v) is 5.09. The fraction of sp³-hybridized carbons (Fsp3) is 0.421. The predicted octanol–water partition coefficient (Wildman–Crippen LogP) is 2.34. The first-order chi connectivity index (χ1) is 13.2. The van der Waals surface area contributed by atoms with Crippen molar-refractivity contribution in [1.82, 2.24) is 0 Å². The van der Waals surface area contributed by atoms with E-state index in [0.29, 0.717) is 37.9 Å². The van der Waals surface area contributed by atoms with Crippen molar-refractivity contribution in [2.24, 2.45) is 0 Å². The van der Waals surface area contributed by atoms with Gasteiger partial charge in [-0.25, -0.2) is 4.79 Å². The molecule has 0 aliphatic rings. The van der Waals surface area contributed by atoms with Gasteiger partial charge in [0.25, 0.3) is 0 Å². The standard InChI is InChI=1S/C19H26O8/c1-22-9-11-24-14-26-17-8-7-16(5-3-4-6-19(20)21)13-18(17)27-15-25-12-10-23-2/h3-8,13H,9-12,14-15H2,1-2H3,(H,20,21). The number of benzene rings is 1. The molecule has 150 valence electrons. The lowest BCUT2D eigenvalue weighted by atomic mass is 10.2. The number of aliphatic carboxylic acids is 1. The van der Waals surface area contributed by atoms with Crippen LogP contribution in [0.15, 0.2) is 36.4 Å². The van der Waals surface area contributed by atoms with Crippen molar-refractivity contribution in [2.75, 3.05) is 54.2 Å². The van der Waals surface area contributed by atoms with Crippen molar-refractivity contribution < 1.29 is 38.3 Å². The average Bonchev–Trinajstić information content (AvgIpc) is 2.66. The first kappa shape index (κ1) is 22.7. The zero-order chi connectivity index (χ0) is 19.7. The lowest BCUT2D eigenvalue weighted by molar-refractivity contribution is -0.131. The maximum absolute atomic E-state index is 10.5. The molecule has 0 amide bonds. The van der Waals surface area contributed by atoms with Gasteiger partial charge in [0, 0.05) is 20.3 Å². The third kappa shape index (κ3) is 11.0. The molecule has 27 heavy (non-hydrogen) atoms. The SMILES string of the molecule is COCCOCOc1ccc(C=CC=CC(=O)O)cc1OCOCCOC. The number of hydrogen-bond acceptors (Lipinski definition) is 7. The number of carbonyl (C=O) groups is 1. The Kier molecular flexibility index (Phi) is 12.4. The van der Waals surface area contributed by atoms with Gasteiger partial charge >= 0.3 is 5.97 Å². The third-order valence-electron chi connectivity index (χ3n) is 3.07. The minimum atomic E-state index is -1.01. The quantitative estimate of drug-likeness (QED) is 0.214. The van der Waals surface area contributed by atoms with E-state index in [2.05, 4.69) is 0 Å². The number of ether oxygens (including phenoxy) is 6. The molecule has 0 bridgehead atoms. The smallest absolute Gasteiger partial charge is 0.328 e. The van der Waals surface area contributed by atoms with Crippen LogP contribution < -0.4 is 9.47 Å². The summed E-state index contributed by atoms with van der Waals surface area (Å²) in [4.78, 5) is 10.5. The Hall–Kier alpha value is -2.39. The van der Waals surface area contributed by atoms with E-state index in [-0.39, 0.29) is 13.6 Å². The van der Waals surface area contributed by atoms with Crippen molar-refractivity contribution in [3.05, 3.63) is 42.0 Å². The molecule has 1 aromatic rings. The molecule has 0 spiro atoms. The van der Waals surface area contributed by atoms with E-state index in [4.69, 9.17) is 33.5 Å². The molecular weight excluding hydrogens is 356 g/mol. The zero-order valence-corrected chi connectivity index (χ0v) is 15.6. The maximum Gasteiger partial charge on any atom is 0.328 e. The van der Waals surface area contributed by atoms with Crippen LogP contribution >= 0.6 is 0 Å². The van der Waals surface area contributed by atoms with E-state index >= 15 is 0 Å². The summed E-state index contributed by atoms with van der Waals surface area (Å²) in [6.45, 7) is 1.87. The normalized spacial score (nSPS) is 11.3. The molecule has 0 heterocycles. The Labute approximate surface area is 158 Å². The van der Waals surface area contributed by atoms with E-state index in [1.54, 1.807) is 38.5 Å². The highest BCUT2D eigenvalue weighted by Crippen LogP contribution is 2.29. The van der Waals surface area contributed by atoms with E-state index in [9.17, 15) is 4.79 Å². The molecule has 0 saturated carbocycles. The van der Waals surface area contributed by atoms with Gasteiger partial charge in [-0.3, -0.25) is 0 Å². The summed E-state index contributed by atoms with van der Waals surface area (Å²) in [5.74, 6) is -0.0257. The third-order valence-corrected chi connectivity index (χ3v) is 3.07. The van der Waals surface area contributed by atoms with Crippen LogP contribution in [-0.2, 0) is 23.7 Å². The fourth-order valence-corrected chi connectivity index (χ4v) is 1.78. The summed E-state index contributed by atoms with van der Waals surface area (Å²) in [5.41, 5.74) is 0.810. The molecule has 1 aromatic carbocycles. The first-order valence-electron chi connectivity index (χ1n) is 8.28. The Morgan fingerprint density at radius 2 is 1.56 bits per heavy atom. The Balaban J connectivity index is 2.69. The van der Waals surface area contributed by atoms with Crippen molar-refractivity contribution in [3.63, 3.8) is 0 Å². The summed E-state index contributed by atoms with van der Waals surface area (Å²) in [5, 5.41) is 8.59. The fourth-order valence-electron chi connectivity index (χ4n) is 1.78. The molecule has 0 radical (unpaired) electrons. The van der Waals surface area contributed by atoms with Crippen LogP contribution in [0, 0.1) is 0 Å². The molecule has 8 heteroatoms. The highest BCUT2D eigenvalue weighted by atomic mass is 16.7. The Morgan fingerprint density at radius 1 is 0.926 bits per heavy atom. The summed E-state index contributed by atoms with van der Waals surface area (Å²) in [6.07, 6.45) is 5.85. The van der Waals surface area contributed by atoms with Gasteiger partial charge in [0.05, 0.1) is 26.4 Å². The monoisotopic (exact) mass is 382 g/mol. The maximum atomic E-state index is 10.5. The predicted molar refractivity (Wildman–Crippen MR) is 98.9 cm³/mol. The van der Waals surface area contributed by atoms with Gasteiger partial charge in [0.2, 0.25) is 0 Å². The molecule has 0 fully saturated rings. The van der Waals surface area contributed by atoms with Gasteiger partial charge in [-0.15, -0.1) is 0 Å². The molecule has 0 aliphatic carbocycles. The lowest BCUT2D eigenvalue weighted by Crippen LogP contribution is -2.10. The molecule has 1 rings (SSSR count). The van der Waals surface area contributed by atoms with Gasteiger partial charge < -0.3 is 33.5 Å². The molecule has 0 unspecified atom stereocenters. The zero-order valence-electron chi connectivity index (χ0n) is 15.6. The summed E-state index contributed by atoms with van der Waals surface area (Å²) < 4.78 is 31.6. The Morgan fingerprint density at radius 3 is 2.15 bits per heavy atom. The van der Waals surface area contributed by atoms with Gasteiger partial charge in [-0.1, -0.05) is 24.3 Å². The number of allylic oxidation sites excluding steroid dienone is 2. The second-order valence-electron chi connectivity index (χ2n) is 5.09. The van der Waals surface area contributed by atoms with Gasteiger partial charge in [-0.2, -0.15) is 0 Å². The molecule has 0 aliphatic heterocycles. The molecule has 0 saturated heterocycles. The summed E-state index contributed by atoms with van der Waals surface area (Å²) in [7, 11) is 3.19. The molecule has 0 atom stereocenters. The molecule has 1 N–H and O–H groups in total. The largest absolute Gasteiger partial charge is 0.478 e. The minimum Gasteiger partial charge on any atom is -0.478 e. The van der Waals surface area contributed by atoms with Crippen LogP contribution in [0.25, 0.3) is 6.08 Å². The summed E-state index contributed by atoms with van der Waals surface area (Å²) in [6, 6.07) is 5.31. The Bertz CT molecular complexity index is 597. The second kappa shape index (κ2) is 14.7. The van der Waals surface area contributed by atoms with Crippen LogP contribution in [0.1, 0.15) is 5.56 Å². The number of hydrogen-bond donors (Lipinski definition) is 1. The van der Waals surface area contributed by atoms with Crippen LogP contribution in [-0.4, -0.2) is 65.3 Å². The molecule has 8 nitrogen and oxygen atoms in total. The number of carboxylic acids is 1. The highest BCUT2D eigenvalue weighted by molar-refractivity contribution is 5.80. The van der Waals surface area contributed by atoms with Crippen molar-refractivity contribution in [2.45, 2.75) is 0 Å². The van der Waals surface area contributed by atoms with E-state index < -0.39 is 5.97 Å². The number of carboxylic acid groups (broad SMARTS) is 1. The van der Waals surface area contributed by atoms with E-state index in [0.717, 1.165) is 11.6 Å². The summed E-state index contributed by atoms with van der Waals surface area (Å²) >= 11 is 0. The van der Waals surface area contributed by atoms with E-state index in [1.165, 1.54) is 6.08 Å². The van der Waals surface area contributed by atoms with E-state index in [1.807, 2.05) is 6.07 Å². The van der Waals surface area contributed by atoms with Gasteiger partial charge in [0.15, 0.2) is 25.1 Å². The van der Waals surface area contributed by atoms with Crippen molar-refractivity contribution >= 4 is 12.0 Å². The molecular formula is C19H26O8. The highest BCUT2D eigenvalue weighted by Gasteiger charge is 2.07. The average molecular weight is 382 g/mol. The van der Waals surface area contributed by atoms with Crippen LogP contribution in [0.2, 0.25) is 0 Å². The molecule has 0 aromatic heterocycles. The number of rotatable bonds is 15. The van der Waals surface area contributed by atoms with Crippen LogP contribution in [0.4, 0.5) is 0 Å². The van der Waals surface area contributed by atoms with Crippen LogP contribution in [0.3, 0.4) is 0 Å². The minimum absolute atomic E-state index is 0.0380. The number of methoxy groups -OCH3 is 2. The van der Waals surface area contributed by atoms with Crippen molar-refractivity contribution in [1.29, 1.82) is 0 Å². The van der Waals surface area contributed by atoms with Crippen molar-refractivity contribution in [3.8, 4) is 11.5 Å². The van der Waals surface area contributed by atoms with Crippen LogP contribution in [0.5, 0.6) is 11.5 Å². The first-order valence-corrected chi connectivity index (χ1v) is 8.28. The lowest BCUT2D eigenvalue weighted by Gasteiger charge is -2.14. The topological polar surface area (TPSA) is 92.7 Å².